The molecule has 0 amide bonds. The van der Waals surface area contributed by atoms with Crippen molar-refractivity contribution < 1.29 is 9.47 Å². The number of ether oxygens (including phenoxy) is 2. The van der Waals surface area contributed by atoms with Gasteiger partial charge in [0.15, 0.2) is 0 Å². The van der Waals surface area contributed by atoms with Crippen LogP contribution in [0.1, 0.15) is 66.8 Å². The summed E-state index contributed by atoms with van der Waals surface area (Å²) in [6.07, 6.45) is 3.52. The first kappa shape index (κ1) is 21.5. The van der Waals surface area contributed by atoms with Crippen LogP contribution in [0.5, 0.6) is 11.5 Å². The van der Waals surface area contributed by atoms with Crippen LogP contribution in [0.4, 0.5) is 0 Å². The Kier molecular flexibility index (Phi) is 6.05. The molecule has 0 bridgehead atoms. The number of fused-ring (bicyclic) bond motifs is 1. The lowest BCUT2D eigenvalue weighted by Gasteiger charge is -2.33. The van der Waals surface area contributed by atoms with Crippen molar-refractivity contribution in [2.45, 2.75) is 72.0 Å². The molecule has 0 aromatic heterocycles. The number of piperidine rings is 1. The Morgan fingerprint density at radius 2 is 1.83 bits per heavy atom. The Morgan fingerprint density at radius 3 is 2.53 bits per heavy atom. The van der Waals surface area contributed by atoms with Gasteiger partial charge in [0.1, 0.15) is 23.7 Å². The summed E-state index contributed by atoms with van der Waals surface area (Å²) in [5.41, 5.74) is 5.93. The van der Waals surface area contributed by atoms with Crippen LogP contribution in [-0.4, -0.2) is 23.1 Å². The summed E-state index contributed by atoms with van der Waals surface area (Å²) in [7, 11) is 0. The van der Waals surface area contributed by atoms with Crippen LogP contribution in [0.25, 0.3) is 0 Å². The van der Waals surface area contributed by atoms with Crippen molar-refractivity contribution in [1.82, 2.24) is 4.42 Å². The largest absolute Gasteiger partial charge is 0.488 e. The molecule has 1 unspecified atom stereocenters. The monoisotopic (exact) mass is 427 g/mol. The third-order valence-electron chi connectivity index (χ3n) is 7.05. The first-order chi connectivity index (χ1) is 14.3. The zero-order chi connectivity index (χ0) is 21.5. The maximum Gasteiger partial charge on any atom is 0.127 e. The summed E-state index contributed by atoms with van der Waals surface area (Å²) < 4.78 is 14.9. The molecular weight excluding hydrogens is 394 g/mol. The van der Waals surface area contributed by atoms with E-state index >= 15 is 0 Å². The zero-order valence-corrected chi connectivity index (χ0v) is 19.7. The van der Waals surface area contributed by atoms with Crippen molar-refractivity contribution >= 4 is 11.8 Å². The van der Waals surface area contributed by atoms with Gasteiger partial charge < -0.3 is 9.47 Å². The molecule has 0 N–H and O–H groups in total. The van der Waals surface area contributed by atoms with E-state index in [-0.39, 0.29) is 5.60 Å². The molecule has 2 aliphatic heterocycles. The first-order valence-electron chi connectivity index (χ1n) is 11.2. The predicted octanol–water partition coefficient (Wildman–Crippen LogP) is 6.70. The summed E-state index contributed by atoms with van der Waals surface area (Å²) in [5, 5.41) is 0. The predicted molar refractivity (Wildman–Crippen MR) is 124 cm³/mol. The van der Waals surface area contributed by atoms with Crippen molar-refractivity contribution in [3.63, 3.8) is 0 Å². The number of halogens is 1. The molecule has 1 fully saturated rings. The Balaban J connectivity index is 1.67. The average Bonchev–Trinajstić information content (AvgIpc) is 2.98. The second-order valence-electron chi connectivity index (χ2n) is 9.59. The molecule has 30 heavy (non-hydrogen) atoms. The Hall–Kier alpha value is -1.71. The molecule has 0 saturated carbocycles. The highest BCUT2D eigenvalue weighted by atomic mass is 35.5. The van der Waals surface area contributed by atoms with Gasteiger partial charge in [-0.15, -0.1) is 0 Å². The highest BCUT2D eigenvalue weighted by Crippen LogP contribution is 2.54. The van der Waals surface area contributed by atoms with Crippen LogP contribution in [0.2, 0.25) is 0 Å². The van der Waals surface area contributed by atoms with E-state index in [1.807, 2.05) is 10.5 Å². The topological polar surface area (TPSA) is 21.7 Å². The standard InChI is InChI=1S/C26H34ClNO2/c1-17-18(2)25-23(19(3)24(17)29-16-20-10-7-6-8-11-20)22(26(4,5)30-25)14-21-12-9-13-28(27)15-21/h6-8,10-11,21-22H,9,12-16H2,1-5H3/t21-,22?/m1/s1. The molecule has 2 aliphatic rings. The van der Waals surface area contributed by atoms with E-state index in [1.54, 1.807) is 0 Å². The van der Waals surface area contributed by atoms with E-state index in [9.17, 15) is 0 Å². The van der Waals surface area contributed by atoms with Crippen molar-refractivity contribution in [2.24, 2.45) is 5.92 Å². The van der Waals surface area contributed by atoms with E-state index in [0.717, 1.165) is 31.0 Å². The fourth-order valence-corrected chi connectivity index (χ4v) is 5.55. The number of benzene rings is 2. The number of nitrogens with zero attached hydrogens (tertiary/aromatic N) is 1. The molecule has 2 aromatic rings. The molecule has 2 atom stereocenters. The minimum atomic E-state index is -0.225. The maximum atomic E-state index is 6.58. The molecule has 3 nitrogen and oxygen atoms in total. The number of rotatable bonds is 5. The molecule has 4 rings (SSSR count). The van der Waals surface area contributed by atoms with Gasteiger partial charge in [-0.25, -0.2) is 4.42 Å². The lowest BCUT2D eigenvalue weighted by Crippen LogP contribution is -2.35. The summed E-state index contributed by atoms with van der Waals surface area (Å²) >= 11 is 6.35. The summed E-state index contributed by atoms with van der Waals surface area (Å²) in [6.45, 7) is 13.5. The number of hydrogen-bond donors (Lipinski definition) is 0. The quantitative estimate of drug-likeness (QED) is 0.495. The Bertz CT molecular complexity index is 909. The molecule has 0 aliphatic carbocycles. The van der Waals surface area contributed by atoms with Crippen molar-refractivity contribution in [2.75, 3.05) is 13.1 Å². The first-order valence-corrected chi connectivity index (χ1v) is 11.5. The van der Waals surface area contributed by atoms with E-state index in [4.69, 9.17) is 21.3 Å². The van der Waals surface area contributed by atoms with Gasteiger partial charge in [-0.1, -0.05) is 30.3 Å². The molecule has 1 saturated heterocycles. The van der Waals surface area contributed by atoms with E-state index in [1.165, 1.54) is 40.7 Å². The lowest BCUT2D eigenvalue weighted by atomic mass is 9.76. The van der Waals surface area contributed by atoms with Gasteiger partial charge in [0.25, 0.3) is 0 Å². The maximum absolute atomic E-state index is 6.58. The van der Waals surface area contributed by atoms with Crippen LogP contribution < -0.4 is 9.47 Å². The molecule has 2 heterocycles. The minimum Gasteiger partial charge on any atom is -0.488 e. The fraction of sp³-hybridized carbons (Fsp3) is 0.538. The van der Waals surface area contributed by atoms with Gasteiger partial charge in [0, 0.05) is 24.6 Å². The highest BCUT2D eigenvalue weighted by Gasteiger charge is 2.45. The van der Waals surface area contributed by atoms with Gasteiger partial charge >= 0.3 is 0 Å². The normalized spacial score (nSPS) is 23.1. The van der Waals surface area contributed by atoms with Gasteiger partial charge in [0.05, 0.1) is 0 Å². The smallest absolute Gasteiger partial charge is 0.127 e. The minimum absolute atomic E-state index is 0.225. The highest BCUT2D eigenvalue weighted by molar-refractivity contribution is 6.13. The fourth-order valence-electron chi connectivity index (χ4n) is 5.24. The molecule has 4 heteroatoms. The van der Waals surface area contributed by atoms with E-state index in [2.05, 4.69) is 58.9 Å². The summed E-state index contributed by atoms with van der Waals surface area (Å²) in [6, 6.07) is 10.4. The van der Waals surface area contributed by atoms with Gasteiger partial charge in [0.2, 0.25) is 0 Å². The third kappa shape index (κ3) is 4.07. The van der Waals surface area contributed by atoms with E-state index < -0.39 is 0 Å². The molecule has 0 radical (unpaired) electrons. The van der Waals surface area contributed by atoms with Gasteiger partial charge in [-0.05, 0) is 93.8 Å². The summed E-state index contributed by atoms with van der Waals surface area (Å²) in [4.78, 5) is 0. The van der Waals surface area contributed by atoms with Gasteiger partial charge in [-0.3, -0.25) is 0 Å². The van der Waals surface area contributed by atoms with Gasteiger partial charge in [-0.2, -0.15) is 0 Å². The van der Waals surface area contributed by atoms with Crippen LogP contribution in [0.3, 0.4) is 0 Å². The van der Waals surface area contributed by atoms with Crippen molar-refractivity contribution in [1.29, 1.82) is 0 Å². The Labute approximate surface area is 186 Å². The Morgan fingerprint density at radius 1 is 1.10 bits per heavy atom. The van der Waals surface area contributed by atoms with Crippen LogP contribution >= 0.6 is 11.8 Å². The van der Waals surface area contributed by atoms with Crippen molar-refractivity contribution in [3.8, 4) is 11.5 Å². The van der Waals surface area contributed by atoms with Crippen LogP contribution in [0, 0.1) is 26.7 Å². The number of hydrogen-bond acceptors (Lipinski definition) is 3. The molecular formula is C26H34ClNO2. The molecule has 162 valence electrons. The van der Waals surface area contributed by atoms with Crippen LogP contribution in [-0.2, 0) is 6.61 Å². The second kappa shape index (κ2) is 8.43. The molecule has 2 aromatic carbocycles. The zero-order valence-electron chi connectivity index (χ0n) is 18.9. The van der Waals surface area contributed by atoms with Crippen LogP contribution in [0.15, 0.2) is 30.3 Å². The molecule has 0 spiro atoms. The van der Waals surface area contributed by atoms with E-state index in [0.29, 0.717) is 18.4 Å². The SMILES string of the molecule is Cc1c(C)c2c(c(C)c1OCc1ccccc1)C(C[C@H]1CCCN(Cl)C1)C(C)(C)O2. The van der Waals surface area contributed by atoms with Crippen molar-refractivity contribution in [3.05, 3.63) is 58.1 Å². The summed E-state index contributed by atoms with van der Waals surface area (Å²) in [5.74, 6) is 3.04. The third-order valence-corrected chi connectivity index (χ3v) is 7.36. The average molecular weight is 428 g/mol. The lowest BCUT2D eigenvalue weighted by molar-refractivity contribution is 0.0925. The second-order valence-corrected chi connectivity index (χ2v) is 10.1.